The molecule has 2 aromatic rings. The summed E-state index contributed by atoms with van der Waals surface area (Å²) < 4.78 is 24.2. The van der Waals surface area contributed by atoms with Crippen LogP contribution in [0.5, 0.6) is 0 Å². The molecule has 1 heterocycles. The van der Waals surface area contributed by atoms with E-state index in [1.54, 1.807) is 18.5 Å². The van der Waals surface area contributed by atoms with Crippen molar-refractivity contribution in [3.05, 3.63) is 36.7 Å². The highest BCUT2D eigenvalue weighted by Crippen LogP contribution is 2.19. The van der Waals surface area contributed by atoms with E-state index in [2.05, 4.69) is 4.98 Å². The lowest BCUT2D eigenvalue weighted by Gasteiger charge is -2.07. The number of aryl methyl sites for hydroxylation is 1. The molecule has 18 heavy (non-hydrogen) atoms. The third-order valence-electron chi connectivity index (χ3n) is 2.56. The molecule has 1 aromatic carbocycles. The summed E-state index contributed by atoms with van der Waals surface area (Å²) >= 11 is 0. The predicted octanol–water partition coefficient (Wildman–Crippen LogP) is 1.18. The Bertz CT molecular complexity index is 647. The number of benzene rings is 1. The van der Waals surface area contributed by atoms with Gasteiger partial charge in [0, 0.05) is 36.4 Å². The van der Waals surface area contributed by atoms with Crippen molar-refractivity contribution in [1.29, 1.82) is 0 Å². The zero-order chi connectivity index (χ0) is 13.2. The molecule has 0 amide bonds. The summed E-state index contributed by atoms with van der Waals surface area (Å²) in [7, 11) is -2.98. The lowest BCUT2D eigenvalue weighted by Crippen LogP contribution is -2.11. The Morgan fingerprint density at radius 2 is 2.17 bits per heavy atom. The smallest absolute Gasteiger partial charge is 0.149 e. The minimum absolute atomic E-state index is 0.0959. The Hall–Kier alpha value is -1.82. The third kappa shape index (κ3) is 3.10. The van der Waals surface area contributed by atoms with E-state index >= 15 is 0 Å². The summed E-state index contributed by atoms with van der Waals surface area (Å²) in [6, 6.07) is 7.36. The fraction of sp³-hybridized carbons (Fsp3) is 0.250. The zero-order valence-electron chi connectivity index (χ0n) is 10.1. The van der Waals surface area contributed by atoms with Gasteiger partial charge in [-0.1, -0.05) is 12.1 Å². The normalized spacial score (nSPS) is 11.6. The van der Waals surface area contributed by atoms with Gasteiger partial charge in [0.2, 0.25) is 0 Å². The number of nitrogens with two attached hydrogens (primary N) is 1. The van der Waals surface area contributed by atoms with Crippen molar-refractivity contribution in [2.75, 3.05) is 17.7 Å². The van der Waals surface area contributed by atoms with Crippen LogP contribution in [0.15, 0.2) is 36.7 Å². The van der Waals surface area contributed by atoms with Crippen LogP contribution in [0, 0.1) is 0 Å². The number of imidazole rings is 1. The summed E-state index contributed by atoms with van der Waals surface area (Å²) in [5.74, 6) is 0.824. The standard InChI is InChI=1S/C12H15N3O2S/c1-18(16,17)8-7-15-6-5-14-12(15)10-3-2-4-11(13)9-10/h2-6,9H,7-8,13H2,1H3. The summed E-state index contributed by atoms with van der Waals surface area (Å²) in [6.07, 6.45) is 4.65. The van der Waals surface area contributed by atoms with Gasteiger partial charge >= 0.3 is 0 Å². The molecule has 0 bridgehead atoms. The number of hydrogen-bond acceptors (Lipinski definition) is 4. The second-order valence-electron chi connectivity index (χ2n) is 4.20. The van der Waals surface area contributed by atoms with Crippen molar-refractivity contribution >= 4 is 15.5 Å². The summed E-state index contributed by atoms with van der Waals surface area (Å²) in [5, 5.41) is 0. The van der Waals surface area contributed by atoms with Crippen molar-refractivity contribution in [1.82, 2.24) is 9.55 Å². The van der Waals surface area contributed by atoms with Gasteiger partial charge in [-0.2, -0.15) is 0 Å². The molecular formula is C12H15N3O2S. The van der Waals surface area contributed by atoms with E-state index in [9.17, 15) is 8.42 Å². The molecule has 0 aliphatic heterocycles. The van der Waals surface area contributed by atoms with E-state index in [0.717, 1.165) is 11.4 Å². The first-order valence-corrected chi connectivity index (χ1v) is 7.56. The average Bonchev–Trinajstić information content (AvgIpc) is 2.73. The molecule has 96 valence electrons. The molecule has 2 rings (SSSR count). The van der Waals surface area contributed by atoms with E-state index in [1.165, 1.54) is 6.26 Å². The fourth-order valence-corrected chi connectivity index (χ4v) is 2.22. The second kappa shape index (κ2) is 4.81. The van der Waals surface area contributed by atoms with Crippen LogP contribution < -0.4 is 5.73 Å². The molecule has 0 unspecified atom stereocenters. The Morgan fingerprint density at radius 1 is 1.39 bits per heavy atom. The predicted molar refractivity (Wildman–Crippen MR) is 71.8 cm³/mol. The monoisotopic (exact) mass is 265 g/mol. The first-order valence-electron chi connectivity index (χ1n) is 5.50. The summed E-state index contributed by atoms with van der Waals surface area (Å²) in [5.41, 5.74) is 7.27. The minimum atomic E-state index is -2.98. The molecule has 0 saturated heterocycles. The van der Waals surface area contributed by atoms with Gasteiger partial charge in [0.1, 0.15) is 15.7 Å². The van der Waals surface area contributed by atoms with Gasteiger partial charge in [-0.3, -0.25) is 0 Å². The molecule has 0 radical (unpaired) electrons. The highest BCUT2D eigenvalue weighted by molar-refractivity contribution is 7.90. The van der Waals surface area contributed by atoms with E-state index in [1.807, 2.05) is 22.8 Å². The average molecular weight is 265 g/mol. The molecular weight excluding hydrogens is 250 g/mol. The second-order valence-corrected chi connectivity index (χ2v) is 6.46. The molecule has 2 N–H and O–H groups in total. The topological polar surface area (TPSA) is 78.0 Å². The van der Waals surface area contributed by atoms with Crippen LogP contribution in [0.4, 0.5) is 5.69 Å². The van der Waals surface area contributed by atoms with Crippen LogP contribution in [0.25, 0.3) is 11.4 Å². The highest BCUT2D eigenvalue weighted by Gasteiger charge is 2.08. The third-order valence-corrected chi connectivity index (χ3v) is 3.49. The van der Waals surface area contributed by atoms with E-state index in [0.29, 0.717) is 12.2 Å². The van der Waals surface area contributed by atoms with Gasteiger partial charge in [0.05, 0.1) is 5.75 Å². The molecule has 5 nitrogen and oxygen atoms in total. The maximum atomic E-state index is 11.2. The first kappa shape index (κ1) is 12.6. The van der Waals surface area contributed by atoms with Crippen LogP contribution in [-0.4, -0.2) is 30.0 Å². The van der Waals surface area contributed by atoms with Gasteiger partial charge < -0.3 is 10.3 Å². The van der Waals surface area contributed by atoms with Crippen LogP contribution in [0.2, 0.25) is 0 Å². The molecule has 0 atom stereocenters. The van der Waals surface area contributed by atoms with Gasteiger partial charge in [0.15, 0.2) is 0 Å². The highest BCUT2D eigenvalue weighted by atomic mass is 32.2. The Balaban J connectivity index is 2.28. The maximum absolute atomic E-state index is 11.2. The summed E-state index contributed by atoms with van der Waals surface area (Å²) in [4.78, 5) is 4.24. The Morgan fingerprint density at radius 3 is 2.83 bits per heavy atom. The van der Waals surface area contributed by atoms with Gasteiger partial charge in [-0.15, -0.1) is 0 Å². The maximum Gasteiger partial charge on any atom is 0.149 e. The number of nitrogens with zero attached hydrogens (tertiary/aromatic N) is 2. The number of sulfone groups is 1. The van der Waals surface area contributed by atoms with Crippen LogP contribution in [0.1, 0.15) is 0 Å². The van der Waals surface area contributed by atoms with E-state index in [4.69, 9.17) is 5.73 Å². The lowest BCUT2D eigenvalue weighted by atomic mass is 10.2. The Kier molecular flexibility index (Phi) is 3.38. The van der Waals surface area contributed by atoms with Crippen molar-refractivity contribution in [3.8, 4) is 11.4 Å². The lowest BCUT2D eigenvalue weighted by molar-refractivity contribution is 0.595. The van der Waals surface area contributed by atoms with E-state index < -0.39 is 9.84 Å². The SMILES string of the molecule is CS(=O)(=O)CCn1ccnc1-c1cccc(N)c1. The zero-order valence-corrected chi connectivity index (χ0v) is 10.9. The van der Waals surface area contributed by atoms with Crippen molar-refractivity contribution in [3.63, 3.8) is 0 Å². The van der Waals surface area contributed by atoms with Crippen molar-refractivity contribution in [2.45, 2.75) is 6.54 Å². The van der Waals surface area contributed by atoms with E-state index in [-0.39, 0.29) is 5.75 Å². The number of aromatic nitrogens is 2. The van der Waals surface area contributed by atoms with Gasteiger partial charge in [-0.05, 0) is 12.1 Å². The summed E-state index contributed by atoms with van der Waals surface area (Å²) in [6.45, 7) is 0.392. The number of anilines is 1. The van der Waals surface area contributed by atoms with Crippen LogP contribution >= 0.6 is 0 Å². The van der Waals surface area contributed by atoms with Gasteiger partial charge in [0.25, 0.3) is 0 Å². The van der Waals surface area contributed by atoms with Crippen LogP contribution in [0.3, 0.4) is 0 Å². The number of hydrogen-bond donors (Lipinski definition) is 1. The molecule has 0 fully saturated rings. The molecule has 6 heteroatoms. The molecule has 1 aromatic heterocycles. The first-order chi connectivity index (χ1) is 8.46. The number of rotatable bonds is 4. The fourth-order valence-electron chi connectivity index (χ4n) is 1.69. The number of nitrogen functional groups attached to an aromatic ring is 1. The molecule has 0 aliphatic carbocycles. The molecule has 0 aliphatic rings. The van der Waals surface area contributed by atoms with Crippen molar-refractivity contribution < 1.29 is 8.42 Å². The largest absolute Gasteiger partial charge is 0.399 e. The quantitative estimate of drug-likeness (QED) is 0.842. The minimum Gasteiger partial charge on any atom is -0.399 e. The van der Waals surface area contributed by atoms with Crippen LogP contribution in [-0.2, 0) is 16.4 Å². The molecule has 0 saturated carbocycles. The Labute approximate surface area is 106 Å². The van der Waals surface area contributed by atoms with Gasteiger partial charge in [-0.25, -0.2) is 13.4 Å². The van der Waals surface area contributed by atoms with Crippen molar-refractivity contribution in [2.24, 2.45) is 0 Å². The molecule has 0 spiro atoms.